The highest BCUT2D eigenvalue weighted by molar-refractivity contribution is 5.50. The van der Waals surface area contributed by atoms with Crippen LogP contribution in [0.1, 0.15) is 31.7 Å². The van der Waals surface area contributed by atoms with E-state index < -0.39 is 0 Å². The summed E-state index contributed by atoms with van der Waals surface area (Å²) >= 11 is 0. The van der Waals surface area contributed by atoms with Crippen molar-refractivity contribution in [1.82, 2.24) is 4.98 Å². The van der Waals surface area contributed by atoms with Crippen molar-refractivity contribution in [2.75, 3.05) is 24.2 Å². The van der Waals surface area contributed by atoms with Gasteiger partial charge in [-0.1, -0.05) is 13.3 Å². The SMILES string of the molecule is CCCC(CCO)CNc1ncc(N)cc1C. The average Bonchev–Trinajstić information content (AvgIpc) is 2.28. The fourth-order valence-electron chi connectivity index (χ4n) is 1.96. The van der Waals surface area contributed by atoms with Gasteiger partial charge in [0.05, 0.1) is 11.9 Å². The highest BCUT2D eigenvalue weighted by atomic mass is 16.3. The summed E-state index contributed by atoms with van der Waals surface area (Å²) in [6, 6.07) is 1.91. The molecule has 0 aliphatic rings. The Bertz CT molecular complexity index is 335. The first kappa shape index (κ1) is 13.8. The first-order valence-electron chi connectivity index (χ1n) is 6.24. The number of nitrogens with zero attached hydrogens (tertiary/aromatic N) is 1. The lowest BCUT2D eigenvalue weighted by molar-refractivity contribution is 0.255. The van der Waals surface area contributed by atoms with Crippen molar-refractivity contribution in [3.63, 3.8) is 0 Å². The number of aliphatic hydroxyl groups is 1. The van der Waals surface area contributed by atoms with E-state index in [-0.39, 0.29) is 6.61 Å². The third kappa shape index (κ3) is 4.61. The fourth-order valence-corrected chi connectivity index (χ4v) is 1.96. The maximum Gasteiger partial charge on any atom is 0.129 e. The summed E-state index contributed by atoms with van der Waals surface area (Å²) in [6.45, 7) is 5.26. The topological polar surface area (TPSA) is 71.2 Å². The van der Waals surface area contributed by atoms with Crippen LogP contribution in [0.5, 0.6) is 0 Å². The summed E-state index contributed by atoms with van der Waals surface area (Å²) in [5.41, 5.74) is 7.40. The Morgan fingerprint density at radius 2 is 2.24 bits per heavy atom. The summed E-state index contributed by atoms with van der Waals surface area (Å²) in [5.74, 6) is 1.39. The van der Waals surface area contributed by atoms with Gasteiger partial charge < -0.3 is 16.2 Å². The Morgan fingerprint density at radius 1 is 1.47 bits per heavy atom. The molecule has 96 valence electrons. The number of nitrogen functional groups attached to an aromatic ring is 1. The van der Waals surface area contributed by atoms with E-state index in [0.29, 0.717) is 11.6 Å². The van der Waals surface area contributed by atoms with E-state index in [2.05, 4.69) is 17.2 Å². The van der Waals surface area contributed by atoms with Gasteiger partial charge in [0.25, 0.3) is 0 Å². The summed E-state index contributed by atoms with van der Waals surface area (Å²) in [7, 11) is 0. The van der Waals surface area contributed by atoms with Crippen LogP contribution in [0.3, 0.4) is 0 Å². The Morgan fingerprint density at radius 3 is 2.82 bits per heavy atom. The van der Waals surface area contributed by atoms with Gasteiger partial charge in [-0.3, -0.25) is 0 Å². The third-order valence-corrected chi connectivity index (χ3v) is 2.89. The minimum Gasteiger partial charge on any atom is -0.397 e. The molecule has 17 heavy (non-hydrogen) atoms. The van der Waals surface area contributed by atoms with Gasteiger partial charge >= 0.3 is 0 Å². The zero-order valence-electron chi connectivity index (χ0n) is 10.7. The molecule has 0 bridgehead atoms. The smallest absolute Gasteiger partial charge is 0.129 e. The molecule has 1 unspecified atom stereocenters. The van der Waals surface area contributed by atoms with Crippen LogP contribution in [0, 0.1) is 12.8 Å². The number of nitrogens with two attached hydrogens (primary N) is 1. The second-order valence-electron chi connectivity index (χ2n) is 4.48. The molecule has 4 heteroatoms. The van der Waals surface area contributed by atoms with E-state index in [4.69, 9.17) is 10.8 Å². The van der Waals surface area contributed by atoms with Crippen LogP contribution >= 0.6 is 0 Å². The van der Waals surface area contributed by atoms with Gasteiger partial charge in [-0.15, -0.1) is 0 Å². The lowest BCUT2D eigenvalue weighted by Crippen LogP contribution is -2.17. The molecule has 0 radical (unpaired) electrons. The average molecular weight is 237 g/mol. The number of aliphatic hydroxyl groups excluding tert-OH is 1. The normalized spacial score (nSPS) is 12.4. The van der Waals surface area contributed by atoms with Gasteiger partial charge in [0.1, 0.15) is 5.82 Å². The van der Waals surface area contributed by atoms with Crippen molar-refractivity contribution in [3.8, 4) is 0 Å². The molecule has 0 amide bonds. The molecule has 0 fully saturated rings. The number of hydrogen-bond donors (Lipinski definition) is 3. The fraction of sp³-hybridized carbons (Fsp3) is 0.615. The predicted molar refractivity (Wildman–Crippen MR) is 72.0 cm³/mol. The quantitative estimate of drug-likeness (QED) is 0.679. The summed E-state index contributed by atoms with van der Waals surface area (Å²) in [4.78, 5) is 4.27. The van der Waals surface area contributed by atoms with Crippen molar-refractivity contribution in [2.45, 2.75) is 33.1 Å². The van der Waals surface area contributed by atoms with E-state index >= 15 is 0 Å². The largest absolute Gasteiger partial charge is 0.397 e. The van der Waals surface area contributed by atoms with Gasteiger partial charge in [0, 0.05) is 13.2 Å². The molecular formula is C13H23N3O. The Balaban J connectivity index is 2.52. The number of anilines is 2. The molecule has 0 spiro atoms. The number of hydrogen-bond acceptors (Lipinski definition) is 4. The second-order valence-corrected chi connectivity index (χ2v) is 4.48. The van der Waals surface area contributed by atoms with Crippen LogP contribution in [0.2, 0.25) is 0 Å². The molecule has 0 aliphatic heterocycles. The molecule has 4 N–H and O–H groups in total. The van der Waals surface area contributed by atoms with Crippen LogP contribution in [0.25, 0.3) is 0 Å². The maximum absolute atomic E-state index is 8.99. The van der Waals surface area contributed by atoms with Gasteiger partial charge in [-0.2, -0.15) is 0 Å². The Kier molecular flexibility index (Phi) is 5.77. The van der Waals surface area contributed by atoms with Crippen molar-refractivity contribution in [1.29, 1.82) is 0 Å². The van der Waals surface area contributed by atoms with Crippen molar-refractivity contribution in [2.24, 2.45) is 5.92 Å². The molecule has 0 saturated heterocycles. The molecule has 1 rings (SSSR count). The predicted octanol–water partition coefficient (Wildman–Crippen LogP) is 2.18. The number of nitrogens with one attached hydrogen (secondary N) is 1. The van der Waals surface area contributed by atoms with Gasteiger partial charge in [-0.05, 0) is 37.3 Å². The Hall–Kier alpha value is -1.29. The zero-order valence-corrected chi connectivity index (χ0v) is 10.7. The number of aromatic nitrogens is 1. The maximum atomic E-state index is 8.99. The third-order valence-electron chi connectivity index (χ3n) is 2.89. The van der Waals surface area contributed by atoms with Crippen LogP contribution < -0.4 is 11.1 Å². The van der Waals surface area contributed by atoms with Crippen molar-refractivity contribution in [3.05, 3.63) is 17.8 Å². The molecule has 1 heterocycles. The molecule has 1 atom stereocenters. The highest BCUT2D eigenvalue weighted by Crippen LogP contribution is 2.16. The van der Waals surface area contributed by atoms with E-state index in [1.165, 1.54) is 0 Å². The Labute approximate surface area is 103 Å². The molecule has 1 aromatic heterocycles. The van der Waals surface area contributed by atoms with Crippen LogP contribution in [-0.2, 0) is 0 Å². The van der Waals surface area contributed by atoms with Crippen molar-refractivity contribution < 1.29 is 5.11 Å². The first-order valence-corrected chi connectivity index (χ1v) is 6.24. The van der Waals surface area contributed by atoms with Crippen LogP contribution in [0.4, 0.5) is 11.5 Å². The van der Waals surface area contributed by atoms with E-state index in [9.17, 15) is 0 Å². The lowest BCUT2D eigenvalue weighted by atomic mass is 10.0. The van der Waals surface area contributed by atoms with Crippen LogP contribution in [0.15, 0.2) is 12.3 Å². The standard InChI is InChI=1S/C13H23N3O/c1-3-4-11(5-6-17)8-15-13-10(2)7-12(14)9-16-13/h7,9,11,17H,3-6,8,14H2,1-2H3,(H,15,16). The molecule has 0 saturated carbocycles. The van der Waals surface area contributed by atoms with Gasteiger partial charge in [0.15, 0.2) is 0 Å². The summed E-state index contributed by atoms with van der Waals surface area (Å²) in [5, 5.41) is 12.3. The highest BCUT2D eigenvalue weighted by Gasteiger charge is 2.08. The number of pyridine rings is 1. The minimum absolute atomic E-state index is 0.250. The molecule has 4 nitrogen and oxygen atoms in total. The van der Waals surface area contributed by atoms with Gasteiger partial charge in [0.2, 0.25) is 0 Å². The lowest BCUT2D eigenvalue weighted by Gasteiger charge is -2.17. The second kappa shape index (κ2) is 7.12. The molecule has 0 aliphatic carbocycles. The summed E-state index contributed by atoms with van der Waals surface area (Å²) in [6.07, 6.45) is 4.77. The molecule has 1 aromatic rings. The monoisotopic (exact) mass is 237 g/mol. The molecular weight excluding hydrogens is 214 g/mol. The van der Waals surface area contributed by atoms with E-state index in [1.807, 2.05) is 13.0 Å². The van der Waals surface area contributed by atoms with E-state index in [1.54, 1.807) is 6.20 Å². The number of aryl methyl sites for hydroxylation is 1. The zero-order chi connectivity index (χ0) is 12.7. The van der Waals surface area contributed by atoms with Crippen molar-refractivity contribution >= 4 is 11.5 Å². The minimum atomic E-state index is 0.250. The molecule has 0 aromatic carbocycles. The summed E-state index contributed by atoms with van der Waals surface area (Å²) < 4.78 is 0. The van der Waals surface area contributed by atoms with Crippen LogP contribution in [-0.4, -0.2) is 23.2 Å². The first-order chi connectivity index (χ1) is 8.17. The number of rotatable bonds is 7. The van der Waals surface area contributed by atoms with Gasteiger partial charge in [-0.25, -0.2) is 4.98 Å². The van der Waals surface area contributed by atoms with E-state index in [0.717, 1.165) is 37.2 Å².